The summed E-state index contributed by atoms with van der Waals surface area (Å²) in [4.78, 5) is 0. The van der Waals surface area contributed by atoms with Crippen molar-refractivity contribution >= 4 is 21.6 Å². The lowest BCUT2D eigenvalue weighted by Gasteiger charge is -2.03. The highest BCUT2D eigenvalue weighted by Gasteiger charge is 2.05. The highest BCUT2D eigenvalue weighted by atomic mass is 35.5. The predicted molar refractivity (Wildman–Crippen MR) is 81.9 cm³/mol. The van der Waals surface area contributed by atoms with Crippen LogP contribution in [0, 0.1) is 6.92 Å². The Bertz CT molecular complexity index is 728. The van der Waals surface area contributed by atoms with Gasteiger partial charge < -0.3 is 0 Å². The van der Waals surface area contributed by atoms with Gasteiger partial charge >= 0.3 is 0 Å². The predicted octanol–water partition coefficient (Wildman–Crippen LogP) is 1.38. The zero-order valence-corrected chi connectivity index (χ0v) is 13.4. The second-order valence-electron chi connectivity index (χ2n) is 4.91. The van der Waals surface area contributed by atoms with E-state index < -0.39 is 10.0 Å². The Labute approximate surface area is 129 Å². The third kappa shape index (κ3) is 5.11. The number of sulfonamides is 1. The largest absolute Gasteiger partial charge is 0.248 e. The molecule has 0 aliphatic carbocycles. The van der Waals surface area contributed by atoms with Crippen molar-refractivity contribution < 1.29 is 8.42 Å². The number of nitrogens with zero attached hydrogens (tertiary/aromatic N) is 3. The summed E-state index contributed by atoms with van der Waals surface area (Å²) in [7, 11) is -3.16. The van der Waals surface area contributed by atoms with Crippen molar-refractivity contribution in [1.29, 1.82) is 0 Å². The first-order valence-corrected chi connectivity index (χ1v) is 8.69. The van der Waals surface area contributed by atoms with Gasteiger partial charge in [0.05, 0.1) is 18.5 Å². The average Bonchev–Trinajstić information content (AvgIpc) is 2.80. The fraction of sp³-hybridized carbons (Fsp3) is 0.385. The second kappa shape index (κ2) is 6.55. The number of hydrogen-bond acceptors (Lipinski definition) is 4. The van der Waals surface area contributed by atoms with Gasteiger partial charge in [-0.05, 0) is 24.1 Å². The molecule has 0 unspecified atom stereocenters. The maximum Gasteiger partial charge on any atom is 0.208 e. The lowest BCUT2D eigenvalue weighted by molar-refractivity contribution is 0.587. The van der Waals surface area contributed by atoms with Gasteiger partial charge in [-0.25, -0.2) is 17.8 Å². The molecule has 0 saturated carbocycles. The fourth-order valence-electron chi connectivity index (χ4n) is 1.89. The summed E-state index contributed by atoms with van der Waals surface area (Å²) in [5.41, 5.74) is 2.85. The van der Waals surface area contributed by atoms with Gasteiger partial charge in [0.25, 0.3) is 0 Å². The van der Waals surface area contributed by atoms with Gasteiger partial charge in [-0.2, -0.15) is 0 Å². The van der Waals surface area contributed by atoms with Crippen molar-refractivity contribution in [2.75, 3.05) is 12.8 Å². The van der Waals surface area contributed by atoms with E-state index in [1.807, 2.05) is 31.3 Å². The third-order valence-corrected chi connectivity index (χ3v) is 4.05. The minimum absolute atomic E-state index is 0.317. The Morgan fingerprint density at radius 1 is 1.38 bits per heavy atom. The van der Waals surface area contributed by atoms with E-state index in [4.69, 9.17) is 11.6 Å². The van der Waals surface area contributed by atoms with Crippen LogP contribution < -0.4 is 4.72 Å². The van der Waals surface area contributed by atoms with Crippen LogP contribution in [0.1, 0.15) is 16.8 Å². The molecule has 1 aromatic heterocycles. The van der Waals surface area contributed by atoms with Crippen molar-refractivity contribution in [1.82, 2.24) is 19.7 Å². The van der Waals surface area contributed by atoms with Crippen LogP contribution in [0.3, 0.4) is 0 Å². The summed E-state index contributed by atoms with van der Waals surface area (Å²) in [5, 5.41) is 8.80. The Morgan fingerprint density at radius 2 is 2.14 bits per heavy atom. The topological polar surface area (TPSA) is 76.9 Å². The van der Waals surface area contributed by atoms with Crippen molar-refractivity contribution in [2.45, 2.75) is 19.9 Å². The molecular formula is C13H17ClN4O2S. The Hall–Kier alpha value is -1.44. The molecular weight excluding hydrogens is 312 g/mol. The Balaban J connectivity index is 1.95. The number of hydrogen-bond donors (Lipinski definition) is 1. The SMILES string of the molecule is Cc1cc(Cn2cc(CCNS(C)(=O)=O)nn2)ccc1Cl. The molecule has 1 aromatic carbocycles. The molecule has 0 radical (unpaired) electrons. The number of aryl methyl sites for hydroxylation is 1. The maximum atomic E-state index is 11.0. The monoisotopic (exact) mass is 328 g/mol. The van der Waals surface area contributed by atoms with E-state index in [0.717, 1.165) is 28.1 Å². The number of benzene rings is 1. The number of rotatable bonds is 6. The highest BCUT2D eigenvalue weighted by molar-refractivity contribution is 7.88. The van der Waals surface area contributed by atoms with E-state index in [0.29, 0.717) is 19.5 Å². The van der Waals surface area contributed by atoms with Crippen LogP contribution in [-0.2, 0) is 23.0 Å². The third-order valence-electron chi connectivity index (χ3n) is 2.90. The molecule has 2 aromatic rings. The van der Waals surface area contributed by atoms with E-state index >= 15 is 0 Å². The summed E-state index contributed by atoms with van der Waals surface area (Å²) in [6.07, 6.45) is 3.45. The summed E-state index contributed by atoms with van der Waals surface area (Å²) < 4.78 is 26.1. The molecule has 1 heterocycles. The number of aromatic nitrogens is 3. The first-order valence-electron chi connectivity index (χ1n) is 6.42. The molecule has 0 atom stereocenters. The van der Waals surface area contributed by atoms with Crippen molar-refractivity contribution in [3.63, 3.8) is 0 Å². The van der Waals surface area contributed by atoms with Gasteiger partial charge in [0, 0.05) is 24.2 Å². The first kappa shape index (κ1) is 15.9. The normalized spacial score (nSPS) is 11.8. The van der Waals surface area contributed by atoms with Gasteiger partial charge in [-0.3, -0.25) is 0 Å². The van der Waals surface area contributed by atoms with Crippen LogP contribution in [0.25, 0.3) is 0 Å². The number of nitrogens with one attached hydrogen (secondary N) is 1. The van der Waals surface area contributed by atoms with Crippen molar-refractivity contribution in [3.05, 3.63) is 46.2 Å². The molecule has 6 nitrogen and oxygen atoms in total. The lowest BCUT2D eigenvalue weighted by Crippen LogP contribution is -2.24. The van der Waals surface area contributed by atoms with E-state index in [1.165, 1.54) is 0 Å². The zero-order chi connectivity index (χ0) is 15.5. The molecule has 0 fully saturated rings. The van der Waals surface area contributed by atoms with Gasteiger partial charge in [0.15, 0.2) is 0 Å². The van der Waals surface area contributed by atoms with Crippen LogP contribution >= 0.6 is 11.6 Å². The maximum absolute atomic E-state index is 11.0. The molecule has 0 spiro atoms. The Kier molecular flexibility index (Phi) is 4.97. The van der Waals surface area contributed by atoms with Gasteiger partial charge in [0.2, 0.25) is 10.0 Å². The summed E-state index contributed by atoms with van der Waals surface area (Å²) in [5.74, 6) is 0. The van der Waals surface area contributed by atoms with Crippen LogP contribution in [0.4, 0.5) is 0 Å². The molecule has 0 bridgehead atoms. The molecule has 21 heavy (non-hydrogen) atoms. The molecule has 2 rings (SSSR count). The molecule has 8 heteroatoms. The average molecular weight is 329 g/mol. The minimum atomic E-state index is -3.16. The van der Waals surface area contributed by atoms with Crippen LogP contribution in [0.15, 0.2) is 24.4 Å². The second-order valence-corrected chi connectivity index (χ2v) is 7.15. The quantitative estimate of drug-likeness (QED) is 0.869. The fourth-order valence-corrected chi connectivity index (χ4v) is 2.48. The van der Waals surface area contributed by atoms with Gasteiger partial charge in [-0.15, -0.1) is 5.10 Å². The van der Waals surface area contributed by atoms with E-state index in [9.17, 15) is 8.42 Å². The van der Waals surface area contributed by atoms with Crippen molar-refractivity contribution in [3.8, 4) is 0 Å². The van der Waals surface area contributed by atoms with Crippen LogP contribution in [-0.4, -0.2) is 36.2 Å². The van der Waals surface area contributed by atoms with E-state index in [2.05, 4.69) is 15.0 Å². The van der Waals surface area contributed by atoms with E-state index in [1.54, 1.807) is 4.68 Å². The van der Waals surface area contributed by atoms with Gasteiger partial charge in [-0.1, -0.05) is 28.9 Å². The van der Waals surface area contributed by atoms with Crippen LogP contribution in [0.2, 0.25) is 5.02 Å². The van der Waals surface area contributed by atoms with Gasteiger partial charge in [0.1, 0.15) is 0 Å². The van der Waals surface area contributed by atoms with Crippen LogP contribution in [0.5, 0.6) is 0 Å². The molecule has 1 N–H and O–H groups in total. The standard InChI is InChI=1S/C13H17ClN4O2S/c1-10-7-11(3-4-13(10)14)8-18-9-12(16-17-18)5-6-15-21(2,19)20/h3-4,7,9,15H,5-6,8H2,1-2H3. The minimum Gasteiger partial charge on any atom is -0.248 e. The molecule has 0 aliphatic heterocycles. The smallest absolute Gasteiger partial charge is 0.208 e. The molecule has 0 amide bonds. The Morgan fingerprint density at radius 3 is 2.81 bits per heavy atom. The highest BCUT2D eigenvalue weighted by Crippen LogP contribution is 2.16. The number of halogens is 1. The van der Waals surface area contributed by atoms with E-state index in [-0.39, 0.29) is 0 Å². The zero-order valence-electron chi connectivity index (χ0n) is 11.9. The molecule has 114 valence electrons. The molecule has 0 saturated heterocycles. The summed E-state index contributed by atoms with van der Waals surface area (Å²) in [6, 6.07) is 5.82. The molecule has 0 aliphatic rings. The lowest BCUT2D eigenvalue weighted by atomic mass is 10.1. The first-order chi connectivity index (χ1) is 9.83. The summed E-state index contributed by atoms with van der Waals surface area (Å²) >= 11 is 5.99. The summed E-state index contributed by atoms with van der Waals surface area (Å²) in [6.45, 7) is 2.87. The van der Waals surface area contributed by atoms with Crippen molar-refractivity contribution in [2.24, 2.45) is 0 Å².